The van der Waals surface area contributed by atoms with Crippen LogP contribution in [-0.2, 0) is 4.79 Å². The molecule has 0 heterocycles. The molecule has 0 amide bonds. The number of aliphatic hydroxyl groups excluding tert-OH is 1. The molecule has 208 valence electrons. The highest BCUT2D eigenvalue weighted by Gasteiger charge is 2.13. The predicted molar refractivity (Wildman–Crippen MR) is 153 cm³/mol. The predicted octanol–water partition coefficient (Wildman–Crippen LogP) is 11.5. The third-order valence-electron chi connectivity index (χ3n) is 7.40. The fraction of sp³-hybridized carbons (Fsp3) is 0.906. The van der Waals surface area contributed by atoms with E-state index in [4.69, 9.17) is 0 Å². The Morgan fingerprint density at radius 3 is 0.943 bits per heavy atom. The van der Waals surface area contributed by atoms with E-state index in [0.29, 0.717) is 12.8 Å². The van der Waals surface area contributed by atoms with Crippen LogP contribution in [0.4, 0.5) is 0 Å². The molecule has 0 saturated heterocycles. The van der Waals surface area contributed by atoms with Crippen molar-refractivity contribution in [3.05, 3.63) is 11.3 Å². The third-order valence-corrected chi connectivity index (χ3v) is 7.40. The molecule has 0 atom stereocenters. The number of carboxylic acids is 1. The van der Waals surface area contributed by atoms with E-state index in [9.17, 15) is 15.0 Å². The summed E-state index contributed by atoms with van der Waals surface area (Å²) in [6, 6.07) is 0. The molecular formula is C32H62O3. The van der Waals surface area contributed by atoms with Crippen molar-refractivity contribution in [2.75, 3.05) is 0 Å². The molecule has 2 N–H and O–H groups in total. The van der Waals surface area contributed by atoms with E-state index >= 15 is 0 Å². The Morgan fingerprint density at radius 2 is 0.657 bits per heavy atom. The highest BCUT2D eigenvalue weighted by Crippen LogP contribution is 2.20. The summed E-state index contributed by atoms with van der Waals surface area (Å²) in [6.07, 6.45) is 33.1. The lowest BCUT2D eigenvalue weighted by Crippen LogP contribution is -2.05. The van der Waals surface area contributed by atoms with Crippen molar-refractivity contribution in [2.24, 2.45) is 0 Å². The number of unbranched alkanes of at least 4 members (excludes halogenated alkanes) is 23. The summed E-state index contributed by atoms with van der Waals surface area (Å²) in [5, 5.41) is 19.8. The van der Waals surface area contributed by atoms with Crippen molar-refractivity contribution in [1.29, 1.82) is 0 Å². The van der Waals surface area contributed by atoms with Crippen molar-refractivity contribution >= 4 is 5.97 Å². The van der Waals surface area contributed by atoms with Gasteiger partial charge in [-0.3, -0.25) is 0 Å². The first kappa shape index (κ1) is 34.0. The Balaban J connectivity index is 3.67. The SMILES string of the molecule is CCCCCCCCCCCCCCC/C(O)=C(\CCCCCCCCCCCCCC)C(=O)O. The molecule has 3 nitrogen and oxygen atoms in total. The molecule has 0 unspecified atom stereocenters. The van der Waals surface area contributed by atoms with E-state index in [-0.39, 0.29) is 11.3 Å². The number of hydrogen-bond acceptors (Lipinski definition) is 2. The lowest BCUT2D eigenvalue weighted by Gasteiger charge is -2.08. The molecule has 0 aromatic carbocycles. The molecule has 0 aliphatic carbocycles. The summed E-state index contributed by atoms with van der Waals surface area (Å²) >= 11 is 0. The van der Waals surface area contributed by atoms with Crippen LogP contribution in [0.3, 0.4) is 0 Å². The monoisotopic (exact) mass is 494 g/mol. The summed E-state index contributed by atoms with van der Waals surface area (Å²) in [6.45, 7) is 4.53. The fourth-order valence-corrected chi connectivity index (χ4v) is 4.98. The minimum Gasteiger partial charge on any atom is -0.512 e. The second-order valence-electron chi connectivity index (χ2n) is 10.9. The summed E-state index contributed by atoms with van der Waals surface area (Å²) in [7, 11) is 0. The third kappa shape index (κ3) is 24.5. The van der Waals surface area contributed by atoms with Gasteiger partial charge in [-0.05, 0) is 19.3 Å². The first-order valence-electron chi connectivity index (χ1n) is 15.8. The molecule has 35 heavy (non-hydrogen) atoms. The molecule has 3 heteroatoms. The van der Waals surface area contributed by atoms with Gasteiger partial charge in [0, 0.05) is 6.42 Å². The molecule has 0 saturated carbocycles. The first-order chi connectivity index (χ1) is 17.1. The zero-order valence-electron chi connectivity index (χ0n) is 23.9. The van der Waals surface area contributed by atoms with Crippen molar-refractivity contribution in [1.82, 2.24) is 0 Å². The fourth-order valence-electron chi connectivity index (χ4n) is 4.98. The van der Waals surface area contributed by atoms with E-state index in [0.717, 1.165) is 25.7 Å². The van der Waals surface area contributed by atoms with Crippen LogP contribution >= 0.6 is 0 Å². The van der Waals surface area contributed by atoms with Gasteiger partial charge in [0.25, 0.3) is 0 Å². The Kier molecular flexibility index (Phi) is 26.8. The smallest absolute Gasteiger partial charge is 0.334 e. The number of rotatable bonds is 28. The Bertz CT molecular complexity index is 483. The number of allylic oxidation sites excluding steroid dienone is 1. The van der Waals surface area contributed by atoms with Crippen LogP contribution in [0.25, 0.3) is 0 Å². The van der Waals surface area contributed by atoms with Gasteiger partial charge in [-0.1, -0.05) is 162 Å². The topological polar surface area (TPSA) is 57.5 Å². The Hall–Kier alpha value is -0.990. The van der Waals surface area contributed by atoms with Crippen LogP contribution in [0.1, 0.15) is 187 Å². The van der Waals surface area contributed by atoms with Gasteiger partial charge >= 0.3 is 5.97 Å². The van der Waals surface area contributed by atoms with E-state index in [1.807, 2.05) is 0 Å². The molecule has 0 aromatic rings. The highest BCUT2D eigenvalue weighted by molar-refractivity contribution is 5.87. The first-order valence-corrected chi connectivity index (χ1v) is 15.8. The van der Waals surface area contributed by atoms with Gasteiger partial charge in [0.1, 0.15) is 5.76 Å². The minimum atomic E-state index is -0.930. The van der Waals surface area contributed by atoms with E-state index in [2.05, 4.69) is 13.8 Å². The lowest BCUT2D eigenvalue weighted by molar-refractivity contribution is -0.133. The molecule has 0 aliphatic heterocycles. The second-order valence-corrected chi connectivity index (χ2v) is 10.9. The summed E-state index contributed by atoms with van der Waals surface area (Å²) in [4.78, 5) is 11.6. The number of carbonyl (C=O) groups is 1. The molecule has 0 rings (SSSR count). The molecule has 0 aliphatic rings. The van der Waals surface area contributed by atoms with Crippen LogP contribution in [0, 0.1) is 0 Å². The summed E-state index contributed by atoms with van der Waals surface area (Å²) < 4.78 is 0. The molecule has 0 radical (unpaired) electrons. The number of aliphatic hydroxyl groups is 1. The zero-order chi connectivity index (χ0) is 25.8. The average Bonchev–Trinajstić information content (AvgIpc) is 2.84. The van der Waals surface area contributed by atoms with Crippen LogP contribution < -0.4 is 0 Å². The van der Waals surface area contributed by atoms with E-state index in [1.54, 1.807) is 0 Å². The summed E-state index contributed by atoms with van der Waals surface area (Å²) in [5.41, 5.74) is 0.260. The maximum Gasteiger partial charge on any atom is 0.334 e. The van der Waals surface area contributed by atoms with E-state index < -0.39 is 5.97 Å². The van der Waals surface area contributed by atoms with Gasteiger partial charge in [0.05, 0.1) is 5.57 Å². The van der Waals surface area contributed by atoms with Crippen molar-refractivity contribution in [2.45, 2.75) is 187 Å². The second kappa shape index (κ2) is 27.6. The molecule has 0 bridgehead atoms. The molecule has 0 aromatic heterocycles. The van der Waals surface area contributed by atoms with E-state index in [1.165, 1.54) is 135 Å². The standard InChI is InChI=1S/C32H62O3/c1-3-5-7-9-11-13-15-17-19-21-23-25-27-29-31(33)30(32(34)35)28-26-24-22-20-18-16-14-12-10-8-6-4-2/h33H,3-29H2,1-2H3,(H,34,35)/b31-30-. The van der Waals surface area contributed by atoms with Gasteiger partial charge in [-0.2, -0.15) is 0 Å². The van der Waals surface area contributed by atoms with Crippen LogP contribution in [0.2, 0.25) is 0 Å². The van der Waals surface area contributed by atoms with Crippen molar-refractivity contribution < 1.29 is 15.0 Å². The van der Waals surface area contributed by atoms with Gasteiger partial charge in [0.2, 0.25) is 0 Å². The lowest BCUT2D eigenvalue weighted by atomic mass is 10.0. The zero-order valence-corrected chi connectivity index (χ0v) is 23.9. The number of aliphatic carboxylic acids is 1. The van der Waals surface area contributed by atoms with Gasteiger partial charge in [-0.15, -0.1) is 0 Å². The molecule has 0 spiro atoms. The maximum absolute atomic E-state index is 11.6. The highest BCUT2D eigenvalue weighted by atomic mass is 16.4. The largest absolute Gasteiger partial charge is 0.512 e. The normalized spacial score (nSPS) is 12.2. The number of hydrogen-bond donors (Lipinski definition) is 2. The van der Waals surface area contributed by atoms with Crippen molar-refractivity contribution in [3.8, 4) is 0 Å². The number of carboxylic acid groups (broad SMARTS) is 1. The van der Waals surface area contributed by atoms with Gasteiger partial charge in [0.15, 0.2) is 0 Å². The quantitative estimate of drug-likeness (QED) is 0.0645. The van der Waals surface area contributed by atoms with Gasteiger partial charge in [-0.25, -0.2) is 4.79 Å². The van der Waals surface area contributed by atoms with Crippen molar-refractivity contribution in [3.63, 3.8) is 0 Å². The Morgan fingerprint density at radius 1 is 0.400 bits per heavy atom. The van der Waals surface area contributed by atoms with Gasteiger partial charge < -0.3 is 10.2 Å². The molecule has 0 fully saturated rings. The maximum atomic E-state index is 11.6. The van der Waals surface area contributed by atoms with Crippen LogP contribution in [0.5, 0.6) is 0 Å². The molecular weight excluding hydrogens is 432 g/mol. The average molecular weight is 495 g/mol. The minimum absolute atomic E-state index is 0.128. The summed E-state index contributed by atoms with van der Waals surface area (Å²) in [5.74, 6) is -0.802. The van der Waals surface area contributed by atoms with Crippen LogP contribution in [0.15, 0.2) is 11.3 Å². The van der Waals surface area contributed by atoms with Crippen LogP contribution in [-0.4, -0.2) is 16.2 Å². The Labute approximate surface area is 219 Å².